The summed E-state index contributed by atoms with van der Waals surface area (Å²) in [5.74, 6) is 2.66. The Hall–Kier alpha value is -3.33. The van der Waals surface area contributed by atoms with Crippen LogP contribution in [0.5, 0.6) is 23.0 Å². The largest absolute Gasteiger partial charge is 0.493 e. The molecule has 1 saturated carbocycles. The predicted octanol–water partition coefficient (Wildman–Crippen LogP) is 4.22. The van der Waals surface area contributed by atoms with Gasteiger partial charge in [0.2, 0.25) is 12.7 Å². The fraction of sp³-hybridized carbons (Fsp3) is 0.429. The zero-order chi connectivity index (χ0) is 25.9. The van der Waals surface area contributed by atoms with Crippen molar-refractivity contribution in [3.63, 3.8) is 0 Å². The van der Waals surface area contributed by atoms with Crippen molar-refractivity contribution in [1.82, 2.24) is 10.2 Å². The Labute approximate surface area is 221 Å². The zero-order valence-corrected chi connectivity index (χ0v) is 22.1. The molecule has 1 N–H and O–H groups in total. The number of likely N-dealkylation sites (N-methyl/N-ethyl adjacent to an activating group) is 1. The third-order valence-corrected chi connectivity index (χ3v) is 8.52. The lowest BCUT2D eigenvalue weighted by Crippen LogP contribution is -2.52. The number of nitrogens with zero attached hydrogens (tertiary/aromatic N) is 1. The van der Waals surface area contributed by atoms with Gasteiger partial charge in [0.15, 0.2) is 23.0 Å². The van der Waals surface area contributed by atoms with Crippen LogP contribution >= 0.6 is 11.8 Å². The van der Waals surface area contributed by atoms with E-state index in [1.807, 2.05) is 61.3 Å². The summed E-state index contributed by atoms with van der Waals surface area (Å²) in [6, 6.07) is 11.4. The predicted molar refractivity (Wildman–Crippen MR) is 142 cm³/mol. The third kappa shape index (κ3) is 5.37. The molecule has 2 amide bonds. The SMILES string of the molecule is CCOc1ccc(/C=C2/SC3CCC(C(=O)NCc4ccc5c(c4)OCO5)CC3N(C)C2=O)cc1OC. The Bertz CT molecular complexity index is 1220. The Balaban J connectivity index is 1.21. The summed E-state index contributed by atoms with van der Waals surface area (Å²) < 4.78 is 21.8. The summed E-state index contributed by atoms with van der Waals surface area (Å²) in [7, 11) is 3.45. The van der Waals surface area contributed by atoms with E-state index in [9.17, 15) is 9.59 Å². The monoisotopic (exact) mass is 524 g/mol. The number of nitrogens with one attached hydrogen (secondary N) is 1. The number of rotatable bonds is 7. The number of methoxy groups -OCH3 is 1. The molecule has 2 heterocycles. The fourth-order valence-electron chi connectivity index (χ4n) is 5.12. The summed E-state index contributed by atoms with van der Waals surface area (Å²) >= 11 is 1.63. The van der Waals surface area contributed by atoms with Gasteiger partial charge in [-0.25, -0.2) is 0 Å². The molecule has 3 aliphatic rings. The van der Waals surface area contributed by atoms with E-state index in [-0.39, 0.29) is 35.8 Å². The average Bonchev–Trinajstić information content (AvgIpc) is 3.39. The summed E-state index contributed by atoms with van der Waals surface area (Å²) in [4.78, 5) is 28.8. The molecule has 1 aliphatic carbocycles. The summed E-state index contributed by atoms with van der Waals surface area (Å²) in [5.41, 5.74) is 1.85. The van der Waals surface area contributed by atoms with E-state index in [4.69, 9.17) is 18.9 Å². The molecule has 8 nitrogen and oxygen atoms in total. The summed E-state index contributed by atoms with van der Waals surface area (Å²) in [6.07, 6.45) is 4.26. The van der Waals surface area contributed by atoms with Gasteiger partial charge in [-0.2, -0.15) is 0 Å². The molecule has 0 radical (unpaired) electrons. The molecule has 0 bridgehead atoms. The molecular weight excluding hydrogens is 492 g/mol. The van der Waals surface area contributed by atoms with Gasteiger partial charge in [-0.15, -0.1) is 11.8 Å². The second-order valence-corrected chi connectivity index (χ2v) is 10.7. The van der Waals surface area contributed by atoms with E-state index in [2.05, 4.69) is 5.32 Å². The van der Waals surface area contributed by atoms with Crippen molar-refractivity contribution in [1.29, 1.82) is 0 Å². The minimum atomic E-state index is -0.119. The molecule has 0 aromatic heterocycles. The second kappa shape index (κ2) is 11.0. The van der Waals surface area contributed by atoms with Crippen molar-refractivity contribution in [2.45, 2.75) is 44.0 Å². The van der Waals surface area contributed by atoms with Crippen molar-refractivity contribution in [2.24, 2.45) is 5.92 Å². The van der Waals surface area contributed by atoms with Crippen LogP contribution < -0.4 is 24.3 Å². The quantitative estimate of drug-likeness (QED) is 0.543. The van der Waals surface area contributed by atoms with Gasteiger partial charge in [0, 0.05) is 30.8 Å². The molecule has 2 aliphatic heterocycles. The highest BCUT2D eigenvalue weighted by atomic mass is 32.2. The fourth-order valence-corrected chi connectivity index (χ4v) is 6.60. The first-order valence-electron chi connectivity index (χ1n) is 12.6. The molecule has 9 heteroatoms. The molecule has 2 fully saturated rings. The van der Waals surface area contributed by atoms with E-state index in [1.54, 1.807) is 18.9 Å². The summed E-state index contributed by atoms with van der Waals surface area (Å²) in [5, 5.41) is 3.33. The van der Waals surface area contributed by atoms with Crippen molar-refractivity contribution in [2.75, 3.05) is 27.6 Å². The van der Waals surface area contributed by atoms with Gasteiger partial charge in [-0.3, -0.25) is 9.59 Å². The second-order valence-electron chi connectivity index (χ2n) is 9.41. The number of benzene rings is 2. The van der Waals surface area contributed by atoms with Crippen molar-refractivity contribution in [3.05, 3.63) is 52.4 Å². The highest BCUT2D eigenvalue weighted by molar-refractivity contribution is 8.04. The highest BCUT2D eigenvalue weighted by Gasteiger charge is 2.42. The van der Waals surface area contributed by atoms with Gasteiger partial charge in [-0.05, 0) is 67.7 Å². The minimum absolute atomic E-state index is 0.0134. The maximum absolute atomic E-state index is 13.2. The van der Waals surface area contributed by atoms with Crippen LogP contribution in [0.25, 0.3) is 6.08 Å². The third-order valence-electron chi connectivity index (χ3n) is 7.12. The van der Waals surface area contributed by atoms with E-state index in [0.717, 1.165) is 29.7 Å². The molecule has 196 valence electrons. The Morgan fingerprint density at radius 3 is 2.81 bits per heavy atom. The normalized spacial score (nSPS) is 23.5. The summed E-state index contributed by atoms with van der Waals surface area (Å²) in [6.45, 7) is 3.14. The van der Waals surface area contributed by atoms with E-state index < -0.39 is 0 Å². The number of ether oxygens (including phenoxy) is 4. The number of carbonyl (C=O) groups is 2. The maximum Gasteiger partial charge on any atom is 0.260 e. The molecule has 3 unspecified atom stereocenters. The number of amides is 2. The van der Waals surface area contributed by atoms with Gasteiger partial charge in [-0.1, -0.05) is 12.1 Å². The first-order valence-corrected chi connectivity index (χ1v) is 13.5. The van der Waals surface area contributed by atoms with Crippen LogP contribution in [0.4, 0.5) is 0 Å². The molecule has 3 atom stereocenters. The van der Waals surface area contributed by atoms with Gasteiger partial charge < -0.3 is 29.2 Å². The van der Waals surface area contributed by atoms with E-state index in [1.165, 1.54) is 0 Å². The first-order chi connectivity index (χ1) is 18.0. The van der Waals surface area contributed by atoms with E-state index in [0.29, 0.717) is 41.7 Å². The number of thioether (sulfide) groups is 1. The van der Waals surface area contributed by atoms with Gasteiger partial charge in [0.05, 0.1) is 18.6 Å². The number of fused-ring (bicyclic) bond motifs is 2. The molecule has 1 saturated heterocycles. The van der Waals surface area contributed by atoms with Crippen molar-refractivity contribution >= 4 is 29.7 Å². The molecule has 2 aromatic rings. The van der Waals surface area contributed by atoms with Crippen LogP contribution in [-0.4, -0.2) is 55.6 Å². The standard InChI is InChI=1S/C28H32N2O6S/c1-4-34-21-8-5-17(11-23(21)33-3)13-26-28(32)30(2)20-14-19(7-10-25(20)37-26)27(31)29-15-18-6-9-22-24(12-18)36-16-35-22/h5-6,8-9,11-13,19-20,25H,4,7,10,14-16H2,1-3H3,(H,29,31)/b26-13+. The van der Waals surface area contributed by atoms with Crippen LogP contribution in [0, 0.1) is 5.92 Å². The number of carbonyl (C=O) groups excluding carboxylic acids is 2. The first kappa shape index (κ1) is 25.3. The Kier molecular flexibility index (Phi) is 7.50. The number of hydrogen-bond acceptors (Lipinski definition) is 7. The van der Waals surface area contributed by atoms with Crippen LogP contribution in [0.2, 0.25) is 0 Å². The van der Waals surface area contributed by atoms with Crippen LogP contribution in [-0.2, 0) is 16.1 Å². The lowest BCUT2D eigenvalue weighted by Gasteiger charge is -2.44. The van der Waals surface area contributed by atoms with E-state index >= 15 is 0 Å². The zero-order valence-electron chi connectivity index (χ0n) is 21.3. The number of hydrogen-bond donors (Lipinski definition) is 1. The molecule has 2 aromatic carbocycles. The molecule has 37 heavy (non-hydrogen) atoms. The van der Waals surface area contributed by atoms with Gasteiger partial charge in [0.1, 0.15) is 0 Å². The maximum atomic E-state index is 13.2. The average molecular weight is 525 g/mol. The van der Waals surface area contributed by atoms with Gasteiger partial charge in [0.25, 0.3) is 5.91 Å². The lowest BCUT2D eigenvalue weighted by molar-refractivity contribution is -0.132. The Morgan fingerprint density at radius 2 is 2.00 bits per heavy atom. The molecule has 0 spiro atoms. The molecule has 5 rings (SSSR count). The van der Waals surface area contributed by atoms with Crippen molar-refractivity contribution in [3.8, 4) is 23.0 Å². The smallest absolute Gasteiger partial charge is 0.260 e. The lowest BCUT2D eigenvalue weighted by atomic mass is 9.83. The Morgan fingerprint density at radius 1 is 1.16 bits per heavy atom. The van der Waals surface area contributed by atoms with Crippen LogP contribution in [0.1, 0.15) is 37.3 Å². The highest BCUT2D eigenvalue weighted by Crippen LogP contribution is 2.43. The molecular formula is C28H32N2O6S. The van der Waals surface area contributed by atoms with Gasteiger partial charge >= 0.3 is 0 Å². The van der Waals surface area contributed by atoms with Crippen LogP contribution in [0.15, 0.2) is 41.3 Å². The van der Waals surface area contributed by atoms with Crippen molar-refractivity contribution < 1.29 is 28.5 Å². The topological polar surface area (TPSA) is 86.3 Å². The van der Waals surface area contributed by atoms with Crippen LogP contribution in [0.3, 0.4) is 0 Å². The minimum Gasteiger partial charge on any atom is -0.493 e.